The van der Waals surface area contributed by atoms with Crippen molar-refractivity contribution < 1.29 is 32.3 Å². The number of esters is 1. The van der Waals surface area contributed by atoms with Crippen LogP contribution in [0.5, 0.6) is 0 Å². The number of benzene rings is 1. The van der Waals surface area contributed by atoms with Gasteiger partial charge in [-0.3, -0.25) is 14.4 Å². The zero-order valence-corrected chi connectivity index (χ0v) is 15.5. The number of amides is 2. The van der Waals surface area contributed by atoms with Crippen LogP contribution in [0.4, 0.5) is 18.9 Å². The number of halogens is 3. The quantitative estimate of drug-likeness (QED) is 0.680. The lowest BCUT2D eigenvalue weighted by atomic mass is 10.2. The molecule has 0 spiro atoms. The fraction of sp³-hybridized carbons (Fsp3) is 0.278. The first-order valence-corrected chi connectivity index (χ1v) is 9.09. The van der Waals surface area contributed by atoms with Crippen LogP contribution in [-0.4, -0.2) is 30.4 Å². The summed E-state index contributed by atoms with van der Waals surface area (Å²) in [6, 6.07) is 5.53. The molecule has 28 heavy (non-hydrogen) atoms. The lowest BCUT2D eigenvalue weighted by Crippen LogP contribution is -2.32. The Morgan fingerprint density at radius 1 is 1.14 bits per heavy atom. The van der Waals surface area contributed by atoms with Crippen molar-refractivity contribution in [2.75, 3.05) is 11.9 Å². The van der Waals surface area contributed by atoms with Gasteiger partial charge in [-0.2, -0.15) is 24.5 Å². The Morgan fingerprint density at radius 3 is 2.39 bits per heavy atom. The number of rotatable bonds is 7. The Bertz CT molecular complexity index is 820. The Hall–Kier alpha value is -2.88. The molecule has 2 amide bonds. The average Bonchev–Trinajstić information content (AvgIpc) is 3.16. The summed E-state index contributed by atoms with van der Waals surface area (Å²) in [7, 11) is 0. The lowest BCUT2D eigenvalue weighted by Gasteiger charge is -2.14. The minimum Gasteiger partial charge on any atom is -0.452 e. The molecule has 10 heteroatoms. The number of hydrogen-bond acceptors (Lipinski definition) is 5. The molecule has 0 aliphatic carbocycles. The van der Waals surface area contributed by atoms with E-state index in [0.717, 1.165) is 24.3 Å². The van der Waals surface area contributed by atoms with Gasteiger partial charge in [-0.25, -0.2) is 0 Å². The van der Waals surface area contributed by atoms with Gasteiger partial charge >= 0.3 is 12.1 Å². The minimum atomic E-state index is -4.47. The summed E-state index contributed by atoms with van der Waals surface area (Å²) in [4.78, 5) is 35.5. The van der Waals surface area contributed by atoms with Gasteiger partial charge in [-0.1, -0.05) is 0 Å². The van der Waals surface area contributed by atoms with Gasteiger partial charge in [0.2, 0.25) is 0 Å². The SMILES string of the molecule is CC(OC(=O)CCNC(=O)c1ccsc1)C(=O)Nc1ccc(C(F)(F)F)cc1. The zero-order chi connectivity index (χ0) is 20.7. The van der Waals surface area contributed by atoms with Gasteiger partial charge in [0.15, 0.2) is 6.10 Å². The molecule has 0 fully saturated rings. The molecule has 0 aliphatic heterocycles. The van der Waals surface area contributed by atoms with Crippen molar-refractivity contribution in [1.82, 2.24) is 5.32 Å². The van der Waals surface area contributed by atoms with E-state index in [1.165, 1.54) is 18.3 Å². The van der Waals surface area contributed by atoms with E-state index in [9.17, 15) is 27.6 Å². The molecule has 0 bridgehead atoms. The highest BCUT2D eigenvalue weighted by atomic mass is 32.1. The average molecular weight is 414 g/mol. The Morgan fingerprint density at radius 2 is 1.82 bits per heavy atom. The van der Waals surface area contributed by atoms with Crippen LogP contribution >= 0.6 is 11.3 Å². The van der Waals surface area contributed by atoms with Crippen LogP contribution in [0, 0.1) is 0 Å². The topological polar surface area (TPSA) is 84.5 Å². The summed E-state index contributed by atoms with van der Waals surface area (Å²) in [5.41, 5.74) is -0.207. The molecule has 1 heterocycles. The maximum Gasteiger partial charge on any atom is 0.416 e. The van der Waals surface area contributed by atoms with E-state index in [1.54, 1.807) is 16.8 Å². The highest BCUT2D eigenvalue weighted by Crippen LogP contribution is 2.29. The number of carbonyl (C=O) groups is 3. The van der Waals surface area contributed by atoms with Crippen molar-refractivity contribution in [3.05, 3.63) is 52.2 Å². The van der Waals surface area contributed by atoms with Crippen LogP contribution in [0.3, 0.4) is 0 Å². The molecule has 2 N–H and O–H groups in total. The highest BCUT2D eigenvalue weighted by molar-refractivity contribution is 7.08. The fourth-order valence-corrected chi connectivity index (χ4v) is 2.71. The maximum absolute atomic E-state index is 12.5. The second-order valence-corrected chi connectivity index (χ2v) is 6.49. The number of anilines is 1. The van der Waals surface area contributed by atoms with E-state index in [0.29, 0.717) is 5.56 Å². The third kappa shape index (κ3) is 6.38. The van der Waals surface area contributed by atoms with Gasteiger partial charge in [0.05, 0.1) is 12.0 Å². The molecule has 6 nitrogen and oxygen atoms in total. The molecule has 1 aromatic heterocycles. The number of carbonyl (C=O) groups excluding carboxylic acids is 3. The summed E-state index contributed by atoms with van der Waals surface area (Å²) in [6.07, 6.45) is -5.75. The number of nitrogens with one attached hydrogen (secondary N) is 2. The van der Waals surface area contributed by atoms with E-state index in [-0.39, 0.29) is 24.6 Å². The summed E-state index contributed by atoms with van der Waals surface area (Å²) in [6.45, 7) is 1.38. The molecule has 0 radical (unpaired) electrons. The summed E-state index contributed by atoms with van der Waals surface area (Å²) >= 11 is 1.37. The lowest BCUT2D eigenvalue weighted by molar-refractivity contribution is -0.153. The van der Waals surface area contributed by atoms with Crippen molar-refractivity contribution in [3.63, 3.8) is 0 Å². The Kier molecular flexibility index (Phi) is 7.16. The standard InChI is InChI=1S/C18H17F3N2O4S/c1-11(16(25)23-14-4-2-13(3-5-14)18(19,20)21)27-15(24)6-8-22-17(26)12-7-9-28-10-12/h2-5,7,9-11H,6,8H2,1H3,(H,22,26)(H,23,25). The minimum absolute atomic E-state index is 0.0424. The Labute approximate surface area is 162 Å². The fourth-order valence-electron chi connectivity index (χ4n) is 2.07. The third-order valence-corrected chi connectivity index (χ3v) is 4.24. The van der Waals surface area contributed by atoms with E-state index >= 15 is 0 Å². The molecule has 2 rings (SSSR count). The first-order chi connectivity index (χ1) is 13.2. The summed E-state index contributed by atoms with van der Waals surface area (Å²) in [5.74, 6) is -1.70. The van der Waals surface area contributed by atoms with Crippen LogP contribution in [0.1, 0.15) is 29.3 Å². The molecule has 1 aromatic carbocycles. The van der Waals surface area contributed by atoms with Gasteiger partial charge in [-0.15, -0.1) is 0 Å². The van der Waals surface area contributed by atoms with Crippen molar-refractivity contribution in [1.29, 1.82) is 0 Å². The van der Waals surface area contributed by atoms with E-state index in [1.807, 2.05) is 0 Å². The molecule has 1 unspecified atom stereocenters. The van der Waals surface area contributed by atoms with Crippen LogP contribution in [0.25, 0.3) is 0 Å². The third-order valence-electron chi connectivity index (χ3n) is 3.56. The van der Waals surface area contributed by atoms with Gasteiger partial charge < -0.3 is 15.4 Å². The van der Waals surface area contributed by atoms with E-state index in [2.05, 4.69) is 10.6 Å². The van der Waals surface area contributed by atoms with Gasteiger partial charge in [-0.05, 0) is 42.6 Å². The maximum atomic E-state index is 12.5. The van der Waals surface area contributed by atoms with Crippen LogP contribution in [-0.2, 0) is 20.5 Å². The molecule has 2 aromatic rings. The molecule has 0 saturated heterocycles. The second-order valence-electron chi connectivity index (χ2n) is 5.71. The largest absolute Gasteiger partial charge is 0.452 e. The van der Waals surface area contributed by atoms with Crippen molar-refractivity contribution in [2.24, 2.45) is 0 Å². The van der Waals surface area contributed by atoms with Crippen LogP contribution < -0.4 is 10.6 Å². The van der Waals surface area contributed by atoms with Gasteiger partial charge in [0.1, 0.15) is 0 Å². The van der Waals surface area contributed by atoms with Gasteiger partial charge in [0, 0.05) is 23.2 Å². The smallest absolute Gasteiger partial charge is 0.416 e. The summed E-state index contributed by atoms with van der Waals surface area (Å²) < 4.78 is 42.5. The van der Waals surface area contributed by atoms with Crippen LogP contribution in [0.15, 0.2) is 41.1 Å². The number of hydrogen-bond donors (Lipinski definition) is 2. The van der Waals surface area contributed by atoms with E-state index < -0.39 is 29.7 Å². The predicted octanol–water partition coefficient (Wildman–Crippen LogP) is 3.46. The number of thiophene rings is 1. The highest BCUT2D eigenvalue weighted by Gasteiger charge is 2.30. The molecular formula is C18H17F3N2O4S. The van der Waals surface area contributed by atoms with Crippen molar-refractivity contribution >= 4 is 34.8 Å². The second kappa shape index (κ2) is 9.36. The first-order valence-electron chi connectivity index (χ1n) is 8.15. The number of ether oxygens (including phenoxy) is 1. The monoisotopic (exact) mass is 414 g/mol. The first kappa shape index (κ1) is 21.4. The van der Waals surface area contributed by atoms with Crippen LogP contribution in [0.2, 0.25) is 0 Å². The van der Waals surface area contributed by atoms with Gasteiger partial charge in [0.25, 0.3) is 11.8 Å². The molecule has 0 aliphatic rings. The molecule has 150 valence electrons. The Balaban J connectivity index is 1.75. The normalized spacial score (nSPS) is 12.1. The molecule has 0 saturated carbocycles. The van der Waals surface area contributed by atoms with Crippen molar-refractivity contribution in [3.8, 4) is 0 Å². The summed E-state index contributed by atoms with van der Waals surface area (Å²) in [5, 5.41) is 8.33. The number of alkyl halides is 3. The predicted molar refractivity (Wildman–Crippen MR) is 96.9 cm³/mol. The van der Waals surface area contributed by atoms with Crippen molar-refractivity contribution in [2.45, 2.75) is 25.6 Å². The molecule has 1 atom stereocenters. The zero-order valence-electron chi connectivity index (χ0n) is 14.7. The van der Waals surface area contributed by atoms with E-state index in [4.69, 9.17) is 4.74 Å². The molecular weight excluding hydrogens is 397 g/mol.